The van der Waals surface area contributed by atoms with Gasteiger partial charge in [0.1, 0.15) is 24.1 Å². The first-order valence-corrected chi connectivity index (χ1v) is 6.23. The maximum atomic E-state index is 9.92. The van der Waals surface area contributed by atoms with E-state index in [4.69, 9.17) is 19.7 Å². The molecule has 0 radical (unpaired) electrons. The van der Waals surface area contributed by atoms with Gasteiger partial charge >= 0.3 is 0 Å². The van der Waals surface area contributed by atoms with Gasteiger partial charge in [0.25, 0.3) is 0 Å². The normalized spacial score (nSPS) is 34.0. The van der Waals surface area contributed by atoms with E-state index >= 15 is 0 Å². The fourth-order valence-electron chi connectivity index (χ4n) is 2.07. The molecule has 1 aliphatic rings. The fraction of sp³-hybridized carbons (Fsp3) is 0.538. The summed E-state index contributed by atoms with van der Waals surface area (Å²) < 4.78 is 10.4. The van der Waals surface area contributed by atoms with E-state index in [-0.39, 0.29) is 6.61 Å². The minimum Gasteiger partial charge on any atom is -0.482 e. The second-order valence-corrected chi connectivity index (χ2v) is 4.62. The summed E-state index contributed by atoms with van der Waals surface area (Å²) >= 11 is 0. The van der Waals surface area contributed by atoms with Crippen LogP contribution in [-0.2, 0) is 11.3 Å². The van der Waals surface area contributed by atoms with Gasteiger partial charge in [0.15, 0.2) is 12.4 Å². The molecule has 1 aliphatic heterocycles. The second kappa shape index (κ2) is 6.49. The molecule has 0 bridgehead atoms. The van der Waals surface area contributed by atoms with Crippen LogP contribution in [0, 0.1) is 0 Å². The summed E-state index contributed by atoms with van der Waals surface area (Å²) in [6.45, 7) is -0.694. The van der Waals surface area contributed by atoms with Gasteiger partial charge in [0, 0.05) is 0 Å². The standard InChI is InChI=1S/C13H18O7/c14-5-7-2-1-3-8(4-7)19-12-11(17)10(16)9(6-15)20-13(12)18/h1-4,9-18H,5-6H2/t9-,10-,11+,12-,13-/m1/s1. The van der Waals surface area contributed by atoms with Gasteiger partial charge in [-0.15, -0.1) is 0 Å². The molecule has 2 rings (SSSR count). The van der Waals surface area contributed by atoms with E-state index in [1.807, 2.05) is 0 Å². The smallest absolute Gasteiger partial charge is 0.195 e. The number of rotatable bonds is 4. The molecule has 7 heteroatoms. The molecule has 1 heterocycles. The molecular weight excluding hydrogens is 268 g/mol. The Kier molecular flexibility index (Phi) is 4.92. The zero-order valence-electron chi connectivity index (χ0n) is 10.7. The summed E-state index contributed by atoms with van der Waals surface area (Å²) in [6, 6.07) is 6.47. The van der Waals surface area contributed by atoms with Gasteiger partial charge in [-0.05, 0) is 17.7 Å². The van der Waals surface area contributed by atoms with Gasteiger partial charge in [-0.3, -0.25) is 0 Å². The van der Waals surface area contributed by atoms with Crippen molar-refractivity contribution in [1.29, 1.82) is 0 Å². The van der Waals surface area contributed by atoms with Crippen LogP contribution in [0.25, 0.3) is 0 Å². The van der Waals surface area contributed by atoms with Crippen molar-refractivity contribution in [2.45, 2.75) is 37.3 Å². The van der Waals surface area contributed by atoms with E-state index in [2.05, 4.69) is 0 Å². The Balaban J connectivity index is 2.11. The lowest BCUT2D eigenvalue weighted by atomic mass is 9.99. The van der Waals surface area contributed by atoms with Crippen LogP contribution >= 0.6 is 0 Å². The molecule has 0 aliphatic carbocycles. The summed E-state index contributed by atoms with van der Waals surface area (Å²) in [6.07, 6.45) is -6.52. The van der Waals surface area contributed by atoms with Gasteiger partial charge in [-0.2, -0.15) is 0 Å². The highest BCUT2D eigenvalue weighted by Gasteiger charge is 2.45. The van der Waals surface area contributed by atoms with Crippen LogP contribution in [0.1, 0.15) is 5.56 Å². The molecule has 0 spiro atoms. The lowest BCUT2D eigenvalue weighted by molar-refractivity contribution is -0.280. The SMILES string of the molecule is OCc1cccc(O[C@@H]2[C@@H](O)[C@H](O)[C@@H](CO)O[C@H]2O)c1. The average molecular weight is 286 g/mol. The first kappa shape index (κ1) is 15.2. The Labute approximate surface area is 115 Å². The van der Waals surface area contributed by atoms with Crippen LogP contribution < -0.4 is 4.74 Å². The lowest BCUT2D eigenvalue weighted by Crippen LogP contribution is -2.60. The van der Waals surface area contributed by atoms with Crippen molar-refractivity contribution in [3.63, 3.8) is 0 Å². The molecule has 7 nitrogen and oxygen atoms in total. The highest BCUT2D eigenvalue weighted by Crippen LogP contribution is 2.25. The molecule has 112 valence electrons. The largest absolute Gasteiger partial charge is 0.482 e. The first-order valence-electron chi connectivity index (χ1n) is 6.23. The van der Waals surface area contributed by atoms with Crippen LogP contribution in [0.2, 0.25) is 0 Å². The van der Waals surface area contributed by atoms with Crippen LogP contribution in [-0.4, -0.2) is 62.8 Å². The van der Waals surface area contributed by atoms with E-state index in [0.717, 1.165) is 0 Å². The van der Waals surface area contributed by atoms with Crippen molar-refractivity contribution in [2.75, 3.05) is 6.61 Å². The summed E-state index contributed by atoms with van der Waals surface area (Å²) in [4.78, 5) is 0. The van der Waals surface area contributed by atoms with Crippen molar-refractivity contribution >= 4 is 0 Å². The average Bonchev–Trinajstić information content (AvgIpc) is 2.47. The van der Waals surface area contributed by atoms with E-state index in [1.165, 1.54) is 0 Å². The summed E-state index contributed by atoms with van der Waals surface area (Å²) in [5, 5.41) is 47.4. The van der Waals surface area contributed by atoms with E-state index in [1.54, 1.807) is 24.3 Å². The third-order valence-corrected chi connectivity index (χ3v) is 3.20. The second-order valence-electron chi connectivity index (χ2n) is 4.62. The predicted octanol–water partition coefficient (Wildman–Crippen LogP) is -1.64. The van der Waals surface area contributed by atoms with E-state index in [0.29, 0.717) is 11.3 Å². The highest BCUT2D eigenvalue weighted by molar-refractivity contribution is 5.28. The van der Waals surface area contributed by atoms with E-state index in [9.17, 15) is 15.3 Å². The number of aliphatic hydroxyl groups is 5. The lowest BCUT2D eigenvalue weighted by Gasteiger charge is -2.39. The topological polar surface area (TPSA) is 120 Å². The van der Waals surface area contributed by atoms with Crippen molar-refractivity contribution in [3.05, 3.63) is 29.8 Å². The minimum atomic E-state index is -1.48. The van der Waals surface area contributed by atoms with E-state index < -0.39 is 37.3 Å². The molecule has 0 aromatic heterocycles. The molecule has 20 heavy (non-hydrogen) atoms. The minimum absolute atomic E-state index is 0.168. The number of hydrogen-bond donors (Lipinski definition) is 5. The zero-order valence-corrected chi connectivity index (χ0v) is 10.7. The first-order chi connectivity index (χ1) is 9.56. The maximum Gasteiger partial charge on any atom is 0.195 e. The Morgan fingerprint density at radius 2 is 1.85 bits per heavy atom. The van der Waals surface area contributed by atoms with Crippen LogP contribution in [0.5, 0.6) is 5.75 Å². The molecule has 0 amide bonds. The summed E-state index contributed by atoms with van der Waals surface area (Å²) in [5.41, 5.74) is 0.608. The number of ether oxygens (including phenoxy) is 2. The number of hydrogen-bond acceptors (Lipinski definition) is 7. The molecule has 5 N–H and O–H groups in total. The summed E-state index contributed by atoms with van der Waals surface area (Å²) in [5.74, 6) is 0.317. The molecule has 1 aromatic rings. The molecule has 1 saturated heterocycles. The zero-order chi connectivity index (χ0) is 14.7. The molecular formula is C13H18O7. The van der Waals surface area contributed by atoms with Crippen molar-refractivity contribution in [2.24, 2.45) is 0 Å². The Hall–Kier alpha value is -1.22. The third-order valence-electron chi connectivity index (χ3n) is 3.20. The fourth-order valence-corrected chi connectivity index (χ4v) is 2.07. The van der Waals surface area contributed by atoms with Gasteiger partial charge in [-0.1, -0.05) is 12.1 Å². The Bertz CT molecular complexity index is 438. The van der Waals surface area contributed by atoms with Crippen LogP contribution in [0.15, 0.2) is 24.3 Å². The number of aliphatic hydroxyl groups excluding tert-OH is 5. The van der Waals surface area contributed by atoms with Crippen LogP contribution in [0.4, 0.5) is 0 Å². The molecule has 1 aromatic carbocycles. The molecule has 1 fully saturated rings. The van der Waals surface area contributed by atoms with Crippen molar-refractivity contribution in [1.82, 2.24) is 0 Å². The Morgan fingerprint density at radius 1 is 1.10 bits per heavy atom. The summed E-state index contributed by atoms with van der Waals surface area (Å²) in [7, 11) is 0. The van der Waals surface area contributed by atoms with Gasteiger partial charge in [0.2, 0.25) is 0 Å². The van der Waals surface area contributed by atoms with Gasteiger partial charge < -0.3 is 35.0 Å². The maximum absolute atomic E-state index is 9.92. The van der Waals surface area contributed by atoms with Crippen LogP contribution in [0.3, 0.4) is 0 Å². The van der Waals surface area contributed by atoms with Crippen molar-refractivity contribution in [3.8, 4) is 5.75 Å². The van der Waals surface area contributed by atoms with Gasteiger partial charge in [0.05, 0.1) is 13.2 Å². The highest BCUT2D eigenvalue weighted by atomic mass is 16.7. The van der Waals surface area contributed by atoms with Crippen molar-refractivity contribution < 1.29 is 35.0 Å². The Morgan fingerprint density at radius 3 is 2.50 bits per heavy atom. The molecule has 0 unspecified atom stereocenters. The third kappa shape index (κ3) is 3.09. The number of benzene rings is 1. The molecule has 0 saturated carbocycles. The quantitative estimate of drug-likeness (QED) is 0.450. The molecule has 5 atom stereocenters. The van der Waals surface area contributed by atoms with Gasteiger partial charge in [-0.25, -0.2) is 0 Å². The predicted molar refractivity (Wildman–Crippen MR) is 66.8 cm³/mol. The monoisotopic (exact) mass is 286 g/mol.